The van der Waals surface area contributed by atoms with Crippen molar-refractivity contribution in [3.05, 3.63) is 29.8 Å². The van der Waals surface area contributed by atoms with E-state index in [2.05, 4.69) is 43.4 Å². The first-order chi connectivity index (χ1) is 10.2. The van der Waals surface area contributed by atoms with Crippen molar-refractivity contribution in [3.8, 4) is 5.75 Å². The van der Waals surface area contributed by atoms with Gasteiger partial charge in [0.1, 0.15) is 5.75 Å². The second kappa shape index (κ2) is 8.40. The average Bonchev–Trinajstić information content (AvgIpc) is 3.31. The van der Waals surface area contributed by atoms with Gasteiger partial charge in [0, 0.05) is 12.6 Å². The molecule has 1 aromatic carbocycles. The van der Waals surface area contributed by atoms with Crippen molar-refractivity contribution in [2.45, 2.75) is 51.7 Å². The molecule has 1 aromatic rings. The molecule has 0 radical (unpaired) electrons. The third-order valence-corrected chi connectivity index (χ3v) is 3.95. The van der Waals surface area contributed by atoms with Gasteiger partial charge in [-0.05, 0) is 69.7 Å². The zero-order valence-corrected chi connectivity index (χ0v) is 13.6. The van der Waals surface area contributed by atoms with Crippen LogP contribution in [0.3, 0.4) is 0 Å². The summed E-state index contributed by atoms with van der Waals surface area (Å²) in [6.07, 6.45) is 5.34. The number of methoxy groups -OCH3 is 1. The standard InChI is InChI=1S/C18H29NO2/c1-14(2)21-13-5-4-12-19-18(15-6-7-15)16-8-10-17(20-3)11-9-16/h8-11,14-15,18-19H,4-7,12-13H2,1-3H3. The maximum atomic E-state index is 5.58. The van der Waals surface area contributed by atoms with E-state index in [1.165, 1.54) is 24.8 Å². The lowest BCUT2D eigenvalue weighted by atomic mass is 10.0. The topological polar surface area (TPSA) is 30.5 Å². The number of hydrogen-bond donors (Lipinski definition) is 1. The Morgan fingerprint density at radius 2 is 1.86 bits per heavy atom. The number of benzene rings is 1. The first-order valence-electron chi connectivity index (χ1n) is 8.19. The van der Waals surface area contributed by atoms with E-state index in [0.29, 0.717) is 12.1 Å². The van der Waals surface area contributed by atoms with Crippen LogP contribution in [0.25, 0.3) is 0 Å². The summed E-state index contributed by atoms with van der Waals surface area (Å²) in [5, 5.41) is 3.73. The smallest absolute Gasteiger partial charge is 0.118 e. The maximum Gasteiger partial charge on any atom is 0.118 e. The second-order valence-electron chi connectivity index (χ2n) is 6.17. The largest absolute Gasteiger partial charge is 0.497 e. The Morgan fingerprint density at radius 3 is 2.43 bits per heavy atom. The van der Waals surface area contributed by atoms with Gasteiger partial charge in [-0.1, -0.05) is 12.1 Å². The monoisotopic (exact) mass is 291 g/mol. The summed E-state index contributed by atoms with van der Waals surface area (Å²) in [5.74, 6) is 1.74. The summed E-state index contributed by atoms with van der Waals surface area (Å²) in [5.41, 5.74) is 1.39. The molecule has 3 heteroatoms. The molecule has 1 fully saturated rings. The van der Waals surface area contributed by atoms with Crippen molar-refractivity contribution in [1.29, 1.82) is 0 Å². The maximum absolute atomic E-state index is 5.58. The van der Waals surface area contributed by atoms with Crippen LogP contribution in [0.5, 0.6) is 5.75 Å². The Bertz CT molecular complexity index is 398. The highest BCUT2D eigenvalue weighted by Gasteiger charge is 2.31. The number of rotatable bonds is 10. The molecular formula is C18H29NO2. The van der Waals surface area contributed by atoms with Crippen molar-refractivity contribution in [2.24, 2.45) is 5.92 Å². The van der Waals surface area contributed by atoms with Crippen molar-refractivity contribution in [2.75, 3.05) is 20.3 Å². The van der Waals surface area contributed by atoms with Crippen molar-refractivity contribution in [3.63, 3.8) is 0 Å². The van der Waals surface area contributed by atoms with Crippen LogP contribution in [0.15, 0.2) is 24.3 Å². The van der Waals surface area contributed by atoms with Gasteiger partial charge in [-0.3, -0.25) is 0 Å². The lowest BCUT2D eigenvalue weighted by Gasteiger charge is -2.19. The van der Waals surface area contributed by atoms with Gasteiger partial charge in [-0.15, -0.1) is 0 Å². The Labute approximate surface area is 129 Å². The zero-order chi connectivity index (χ0) is 15.1. The second-order valence-corrected chi connectivity index (χ2v) is 6.17. The Balaban J connectivity index is 1.74. The van der Waals surface area contributed by atoms with Gasteiger partial charge in [0.2, 0.25) is 0 Å². The Kier molecular flexibility index (Phi) is 6.52. The number of hydrogen-bond acceptors (Lipinski definition) is 3. The molecule has 0 aliphatic heterocycles. The molecule has 2 rings (SSSR count). The van der Waals surface area contributed by atoms with E-state index in [1.807, 2.05) is 0 Å². The van der Waals surface area contributed by atoms with Crippen molar-refractivity contribution >= 4 is 0 Å². The Morgan fingerprint density at radius 1 is 1.14 bits per heavy atom. The summed E-state index contributed by atoms with van der Waals surface area (Å²) in [6, 6.07) is 9.00. The number of unbranched alkanes of at least 4 members (excludes halogenated alkanes) is 1. The fraction of sp³-hybridized carbons (Fsp3) is 0.667. The molecule has 1 aliphatic rings. The van der Waals surface area contributed by atoms with E-state index < -0.39 is 0 Å². The zero-order valence-electron chi connectivity index (χ0n) is 13.6. The average molecular weight is 291 g/mol. The van der Waals surface area contributed by atoms with Crippen LogP contribution in [0.4, 0.5) is 0 Å². The molecule has 3 nitrogen and oxygen atoms in total. The van der Waals surface area contributed by atoms with Gasteiger partial charge in [0.25, 0.3) is 0 Å². The summed E-state index contributed by atoms with van der Waals surface area (Å²) < 4.78 is 10.8. The van der Waals surface area contributed by atoms with Gasteiger partial charge < -0.3 is 14.8 Å². The molecule has 0 amide bonds. The van der Waals surface area contributed by atoms with Crippen LogP contribution >= 0.6 is 0 Å². The van der Waals surface area contributed by atoms with Gasteiger partial charge in [-0.2, -0.15) is 0 Å². The van der Waals surface area contributed by atoms with Gasteiger partial charge in [0.05, 0.1) is 13.2 Å². The molecule has 1 saturated carbocycles. The first kappa shape index (κ1) is 16.3. The van der Waals surface area contributed by atoms with Gasteiger partial charge >= 0.3 is 0 Å². The summed E-state index contributed by atoms with van der Waals surface area (Å²) in [6.45, 7) is 6.11. The Hall–Kier alpha value is -1.06. The van der Waals surface area contributed by atoms with Crippen LogP contribution in [-0.4, -0.2) is 26.4 Å². The quantitative estimate of drug-likeness (QED) is 0.662. The highest BCUT2D eigenvalue weighted by molar-refractivity contribution is 5.30. The summed E-state index contributed by atoms with van der Waals surface area (Å²) in [7, 11) is 1.71. The van der Waals surface area contributed by atoms with Crippen molar-refractivity contribution < 1.29 is 9.47 Å². The molecule has 1 aliphatic carbocycles. The highest BCUT2D eigenvalue weighted by atomic mass is 16.5. The lowest BCUT2D eigenvalue weighted by molar-refractivity contribution is 0.0759. The fourth-order valence-electron chi connectivity index (χ4n) is 2.60. The molecule has 1 atom stereocenters. The van der Waals surface area contributed by atoms with Crippen LogP contribution in [0, 0.1) is 5.92 Å². The SMILES string of the molecule is COc1ccc(C(NCCCCOC(C)C)C2CC2)cc1. The predicted molar refractivity (Wildman–Crippen MR) is 86.8 cm³/mol. The van der Waals surface area contributed by atoms with E-state index in [-0.39, 0.29) is 0 Å². The number of ether oxygens (including phenoxy) is 2. The fourth-order valence-corrected chi connectivity index (χ4v) is 2.60. The first-order valence-corrected chi connectivity index (χ1v) is 8.19. The van der Waals surface area contributed by atoms with E-state index >= 15 is 0 Å². The molecule has 1 N–H and O–H groups in total. The van der Waals surface area contributed by atoms with E-state index in [9.17, 15) is 0 Å². The summed E-state index contributed by atoms with van der Waals surface area (Å²) in [4.78, 5) is 0. The normalized spacial score (nSPS) is 16.2. The van der Waals surface area contributed by atoms with Gasteiger partial charge in [0.15, 0.2) is 0 Å². The van der Waals surface area contributed by atoms with Gasteiger partial charge in [-0.25, -0.2) is 0 Å². The minimum atomic E-state index is 0.344. The van der Waals surface area contributed by atoms with Crippen LogP contribution < -0.4 is 10.1 Å². The molecule has 21 heavy (non-hydrogen) atoms. The molecule has 118 valence electrons. The van der Waals surface area contributed by atoms with E-state index in [4.69, 9.17) is 9.47 Å². The molecule has 0 bridgehead atoms. The molecule has 0 heterocycles. The van der Waals surface area contributed by atoms with E-state index in [0.717, 1.165) is 31.2 Å². The summed E-state index contributed by atoms with van der Waals surface area (Å²) >= 11 is 0. The molecular weight excluding hydrogens is 262 g/mol. The third-order valence-electron chi connectivity index (χ3n) is 3.95. The van der Waals surface area contributed by atoms with E-state index in [1.54, 1.807) is 7.11 Å². The molecule has 0 spiro atoms. The lowest BCUT2D eigenvalue weighted by Crippen LogP contribution is -2.24. The van der Waals surface area contributed by atoms with Crippen LogP contribution in [0.1, 0.15) is 51.1 Å². The minimum Gasteiger partial charge on any atom is -0.497 e. The highest BCUT2D eigenvalue weighted by Crippen LogP contribution is 2.41. The predicted octanol–water partition coefficient (Wildman–Crippen LogP) is 3.94. The molecule has 1 unspecified atom stereocenters. The van der Waals surface area contributed by atoms with Crippen molar-refractivity contribution in [1.82, 2.24) is 5.32 Å². The number of nitrogens with one attached hydrogen (secondary N) is 1. The molecule has 0 saturated heterocycles. The third kappa shape index (κ3) is 5.68. The minimum absolute atomic E-state index is 0.344. The van der Waals surface area contributed by atoms with Crippen LogP contribution in [0.2, 0.25) is 0 Å². The molecule has 0 aromatic heterocycles. The van der Waals surface area contributed by atoms with Crippen LogP contribution in [-0.2, 0) is 4.74 Å².